The topological polar surface area (TPSA) is 69.0 Å². The molecule has 17 heavy (non-hydrogen) atoms. The van der Waals surface area contributed by atoms with Gasteiger partial charge in [0.2, 0.25) is 5.91 Å². The van der Waals surface area contributed by atoms with Gasteiger partial charge in [0.1, 0.15) is 5.82 Å². The Balaban J connectivity index is 2.55. The van der Waals surface area contributed by atoms with Crippen LogP contribution in [0.1, 0.15) is 17.7 Å². The molecule has 0 aliphatic carbocycles. The average Bonchev–Trinajstić information content (AvgIpc) is 2.27. The van der Waals surface area contributed by atoms with Gasteiger partial charge in [-0.1, -0.05) is 0 Å². The lowest BCUT2D eigenvalue weighted by Gasteiger charge is -2.11. The quantitative estimate of drug-likeness (QED) is 0.845. The molecular weight excluding hydrogens is 216 g/mol. The van der Waals surface area contributed by atoms with Gasteiger partial charge in [-0.15, -0.1) is 0 Å². The van der Waals surface area contributed by atoms with Crippen LogP contribution in [-0.2, 0) is 4.79 Å². The van der Waals surface area contributed by atoms with Crippen LogP contribution in [0.25, 0.3) is 0 Å². The molecule has 0 saturated carbocycles. The molecule has 0 saturated heterocycles. The highest BCUT2D eigenvalue weighted by Gasteiger charge is 2.04. The van der Waals surface area contributed by atoms with Crippen molar-refractivity contribution in [1.82, 2.24) is 9.88 Å². The Morgan fingerprint density at radius 1 is 1.53 bits per heavy atom. The summed E-state index contributed by atoms with van der Waals surface area (Å²) in [6.07, 6.45) is 0.407. The van der Waals surface area contributed by atoms with E-state index in [-0.39, 0.29) is 5.91 Å². The zero-order valence-electron chi connectivity index (χ0n) is 10.3. The molecule has 0 radical (unpaired) electrons. The summed E-state index contributed by atoms with van der Waals surface area (Å²) in [4.78, 5) is 17.1. The normalized spacial score (nSPS) is 9.53. The maximum absolute atomic E-state index is 11.3. The molecule has 0 aromatic carbocycles. The SMILES string of the molecule is Cc1cc(C#N)cc(NCCC(=O)N(C)C)n1. The first kappa shape index (κ1) is 13.0. The van der Waals surface area contributed by atoms with E-state index in [0.29, 0.717) is 24.3 Å². The van der Waals surface area contributed by atoms with E-state index in [1.54, 1.807) is 31.1 Å². The minimum atomic E-state index is 0.0608. The molecule has 5 nitrogen and oxygen atoms in total. The summed E-state index contributed by atoms with van der Waals surface area (Å²) in [6.45, 7) is 2.34. The van der Waals surface area contributed by atoms with Gasteiger partial charge in [-0.3, -0.25) is 4.79 Å². The third-order valence-electron chi connectivity index (χ3n) is 2.23. The molecule has 0 fully saturated rings. The van der Waals surface area contributed by atoms with Crippen LogP contribution in [0.5, 0.6) is 0 Å². The number of carbonyl (C=O) groups excluding carboxylic acids is 1. The molecule has 0 aliphatic heterocycles. The smallest absolute Gasteiger partial charge is 0.223 e. The molecule has 0 unspecified atom stereocenters. The third kappa shape index (κ3) is 4.11. The zero-order valence-corrected chi connectivity index (χ0v) is 10.3. The Bertz CT molecular complexity index is 448. The number of nitrogens with one attached hydrogen (secondary N) is 1. The molecule has 1 heterocycles. The lowest BCUT2D eigenvalue weighted by atomic mass is 10.2. The number of hydrogen-bond donors (Lipinski definition) is 1. The number of anilines is 1. The van der Waals surface area contributed by atoms with Crippen molar-refractivity contribution in [3.8, 4) is 6.07 Å². The first-order valence-electron chi connectivity index (χ1n) is 5.35. The fraction of sp³-hybridized carbons (Fsp3) is 0.417. The van der Waals surface area contributed by atoms with Crippen molar-refractivity contribution < 1.29 is 4.79 Å². The Morgan fingerprint density at radius 2 is 2.24 bits per heavy atom. The number of carbonyl (C=O) groups is 1. The zero-order chi connectivity index (χ0) is 12.8. The van der Waals surface area contributed by atoms with Crippen LogP contribution in [0.15, 0.2) is 12.1 Å². The predicted octanol–water partition coefficient (Wildman–Crippen LogP) is 1.15. The molecular formula is C12H16N4O. The average molecular weight is 232 g/mol. The minimum Gasteiger partial charge on any atom is -0.370 e. The third-order valence-corrected chi connectivity index (χ3v) is 2.23. The lowest BCUT2D eigenvalue weighted by Crippen LogP contribution is -2.24. The van der Waals surface area contributed by atoms with Gasteiger partial charge in [0.15, 0.2) is 0 Å². The van der Waals surface area contributed by atoms with Crippen molar-refractivity contribution in [1.29, 1.82) is 5.26 Å². The molecule has 1 aromatic heterocycles. The summed E-state index contributed by atoms with van der Waals surface area (Å²) in [5.41, 5.74) is 1.35. The summed E-state index contributed by atoms with van der Waals surface area (Å²) in [7, 11) is 3.45. The van der Waals surface area contributed by atoms with Crippen LogP contribution in [0.2, 0.25) is 0 Å². The van der Waals surface area contributed by atoms with Crippen molar-refractivity contribution in [2.24, 2.45) is 0 Å². The number of nitrogens with zero attached hydrogens (tertiary/aromatic N) is 3. The van der Waals surface area contributed by atoms with E-state index in [0.717, 1.165) is 5.69 Å². The van der Waals surface area contributed by atoms with Crippen LogP contribution < -0.4 is 5.32 Å². The van der Waals surface area contributed by atoms with Crippen molar-refractivity contribution in [3.63, 3.8) is 0 Å². The molecule has 1 aromatic rings. The summed E-state index contributed by atoms with van der Waals surface area (Å²) >= 11 is 0. The second-order valence-electron chi connectivity index (χ2n) is 3.96. The molecule has 0 aliphatic rings. The minimum absolute atomic E-state index is 0.0608. The van der Waals surface area contributed by atoms with Gasteiger partial charge in [-0.25, -0.2) is 4.98 Å². The van der Waals surface area contributed by atoms with Crippen LogP contribution in [-0.4, -0.2) is 36.4 Å². The van der Waals surface area contributed by atoms with E-state index in [1.165, 1.54) is 0 Å². The monoisotopic (exact) mass is 232 g/mol. The van der Waals surface area contributed by atoms with Crippen LogP contribution in [0.3, 0.4) is 0 Å². The molecule has 5 heteroatoms. The molecule has 1 amide bonds. The van der Waals surface area contributed by atoms with Gasteiger partial charge in [0, 0.05) is 32.8 Å². The van der Waals surface area contributed by atoms with Crippen LogP contribution in [0, 0.1) is 18.3 Å². The predicted molar refractivity (Wildman–Crippen MR) is 65.5 cm³/mol. The maximum atomic E-state index is 11.3. The molecule has 1 rings (SSSR count). The summed E-state index contributed by atoms with van der Waals surface area (Å²) < 4.78 is 0. The van der Waals surface area contributed by atoms with Crippen molar-refractivity contribution >= 4 is 11.7 Å². The lowest BCUT2D eigenvalue weighted by molar-refractivity contribution is -0.128. The number of rotatable bonds is 4. The number of pyridine rings is 1. The Kier molecular flexibility index (Phi) is 4.46. The van der Waals surface area contributed by atoms with Crippen LogP contribution >= 0.6 is 0 Å². The molecule has 90 valence electrons. The van der Waals surface area contributed by atoms with E-state index in [4.69, 9.17) is 5.26 Å². The largest absolute Gasteiger partial charge is 0.370 e. The van der Waals surface area contributed by atoms with Gasteiger partial charge in [-0.05, 0) is 19.1 Å². The highest BCUT2D eigenvalue weighted by atomic mass is 16.2. The van der Waals surface area contributed by atoms with E-state index in [9.17, 15) is 4.79 Å². The number of amides is 1. The molecule has 0 bridgehead atoms. The first-order chi connectivity index (χ1) is 8.02. The maximum Gasteiger partial charge on any atom is 0.223 e. The number of aryl methyl sites for hydroxylation is 1. The van der Waals surface area contributed by atoms with Gasteiger partial charge >= 0.3 is 0 Å². The van der Waals surface area contributed by atoms with Gasteiger partial charge in [0.05, 0.1) is 11.6 Å². The van der Waals surface area contributed by atoms with Crippen molar-refractivity contribution in [3.05, 3.63) is 23.4 Å². The van der Waals surface area contributed by atoms with Gasteiger partial charge in [0.25, 0.3) is 0 Å². The molecule has 1 N–H and O–H groups in total. The summed E-state index contributed by atoms with van der Waals surface area (Å²) in [5, 5.41) is 11.8. The highest BCUT2D eigenvalue weighted by Crippen LogP contribution is 2.09. The van der Waals surface area contributed by atoms with Gasteiger partial charge < -0.3 is 10.2 Å². The number of hydrogen-bond acceptors (Lipinski definition) is 4. The van der Waals surface area contributed by atoms with Crippen LogP contribution in [0.4, 0.5) is 5.82 Å². The van der Waals surface area contributed by atoms with Crippen molar-refractivity contribution in [2.75, 3.05) is 26.0 Å². The molecule has 0 atom stereocenters. The first-order valence-corrected chi connectivity index (χ1v) is 5.35. The number of aromatic nitrogens is 1. The Hall–Kier alpha value is -2.09. The highest BCUT2D eigenvalue weighted by molar-refractivity contribution is 5.76. The second-order valence-corrected chi connectivity index (χ2v) is 3.96. The standard InChI is InChI=1S/C12H16N4O/c1-9-6-10(8-13)7-11(15-9)14-5-4-12(17)16(2)3/h6-7H,4-5H2,1-3H3,(H,14,15). The van der Waals surface area contributed by atoms with E-state index in [2.05, 4.69) is 16.4 Å². The Morgan fingerprint density at radius 3 is 2.82 bits per heavy atom. The fourth-order valence-corrected chi connectivity index (χ4v) is 1.34. The summed E-state index contributed by atoms with van der Waals surface area (Å²) in [5.74, 6) is 0.693. The molecule has 0 spiro atoms. The van der Waals surface area contributed by atoms with E-state index in [1.807, 2.05) is 6.92 Å². The second kappa shape index (κ2) is 5.85. The Labute approximate surface area is 101 Å². The number of nitriles is 1. The van der Waals surface area contributed by atoms with Crippen molar-refractivity contribution in [2.45, 2.75) is 13.3 Å². The fourth-order valence-electron chi connectivity index (χ4n) is 1.34. The van der Waals surface area contributed by atoms with E-state index >= 15 is 0 Å². The summed E-state index contributed by atoms with van der Waals surface area (Å²) in [6, 6.07) is 5.46. The van der Waals surface area contributed by atoms with Gasteiger partial charge in [-0.2, -0.15) is 5.26 Å². The van der Waals surface area contributed by atoms with E-state index < -0.39 is 0 Å².